The summed E-state index contributed by atoms with van der Waals surface area (Å²) in [7, 11) is -2.09. The topological polar surface area (TPSA) is 98.2 Å². The van der Waals surface area contributed by atoms with Crippen molar-refractivity contribution >= 4 is 27.3 Å². The number of nitrogens with zero attached hydrogens (tertiary/aromatic N) is 2. The van der Waals surface area contributed by atoms with Gasteiger partial charge in [0.15, 0.2) is 5.69 Å². The minimum absolute atomic E-state index is 0.0164. The molecule has 1 N–H and O–H groups in total. The Bertz CT molecular complexity index is 547. The van der Waals surface area contributed by atoms with Gasteiger partial charge < -0.3 is 10.1 Å². The number of ether oxygens (including phenoxy) is 1. The van der Waals surface area contributed by atoms with Gasteiger partial charge in [0.1, 0.15) is 0 Å². The number of halogens is 1. The molecule has 0 radical (unpaired) electrons. The van der Waals surface area contributed by atoms with E-state index in [0.29, 0.717) is 6.61 Å². The molecule has 18 heavy (non-hydrogen) atoms. The third-order valence-electron chi connectivity index (χ3n) is 1.86. The fraction of sp³-hybridized carbons (Fsp3) is 0.444. The van der Waals surface area contributed by atoms with Crippen molar-refractivity contribution in [3.05, 3.63) is 16.9 Å². The molecule has 0 saturated carbocycles. The van der Waals surface area contributed by atoms with Gasteiger partial charge in [0.2, 0.25) is 15.0 Å². The summed E-state index contributed by atoms with van der Waals surface area (Å²) < 4.78 is 27.3. The fourth-order valence-corrected chi connectivity index (χ4v) is 1.72. The summed E-state index contributed by atoms with van der Waals surface area (Å²) in [6, 6.07) is 0. The number of sulfone groups is 1. The predicted octanol–water partition coefficient (Wildman–Crippen LogP) is -0.0903. The molecule has 0 unspecified atom stereocenters. The molecule has 0 fully saturated rings. The molecule has 9 heteroatoms. The fourth-order valence-electron chi connectivity index (χ4n) is 1.04. The summed E-state index contributed by atoms with van der Waals surface area (Å²) in [5.41, 5.74) is -0.178. The quantitative estimate of drug-likeness (QED) is 0.602. The van der Waals surface area contributed by atoms with Crippen LogP contribution in [0.2, 0.25) is 5.02 Å². The van der Waals surface area contributed by atoms with Crippen LogP contribution in [0.25, 0.3) is 0 Å². The van der Waals surface area contributed by atoms with Gasteiger partial charge in [-0.2, -0.15) is 0 Å². The van der Waals surface area contributed by atoms with Gasteiger partial charge in [-0.15, -0.1) is 0 Å². The second-order valence-electron chi connectivity index (χ2n) is 3.37. The molecule has 0 aliphatic carbocycles. The number of aromatic nitrogens is 2. The van der Waals surface area contributed by atoms with Crippen molar-refractivity contribution in [1.82, 2.24) is 15.3 Å². The number of hydrogen-bond donors (Lipinski definition) is 1. The first-order chi connectivity index (χ1) is 8.36. The minimum Gasteiger partial charge on any atom is -0.383 e. The highest BCUT2D eigenvalue weighted by molar-refractivity contribution is 7.90. The van der Waals surface area contributed by atoms with E-state index in [1.807, 2.05) is 0 Å². The largest absolute Gasteiger partial charge is 0.383 e. The molecule has 0 aromatic carbocycles. The Morgan fingerprint density at radius 1 is 1.56 bits per heavy atom. The number of nitrogens with one attached hydrogen (secondary N) is 1. The molecule has 1 amide bonds. The summed E-state index contributed by atoms with van der Waals surface area (Å²) in [6.45, 7) is 0.594. The zero-order valence-electron chi connectivity index (χ0n) is 9.81. The van der Waals surface area contributed by atoms with E-state index in [0.717, 1.165) is 12.5 Å². The second-order valence-corrected chi connectivity index (χ2v) is 5.69. The Morgan fingerprint density at radius 2 is 2.22 bits per heavy atom. The highest BCUT2D eigenvalue weighted by Crippen LogP contribution is 2.14. The van der Waals surface area contributed by atoms with Gasteiger partial charge in [0.25, 0.3) is 5.91 Å². The van der Waals surface area contributed by atoms with Crippen molar-refractivity contribution in [2.45, 2.75) is 5.16 Å². The molecule has 1 aromatic rings. The third-order valence-corrected chi connectivity index (χ3v) is 3.00. The summed E-state index contributed by atoms with van der Waals surface area (Å²) >= 11 is 5.74. The van der Waals surface area contributed by atoms with E-state index >= 15 is 0 Å². The number of carbonyl (C=O) groups excluding carboxylic acids is 1. The first-order valence-electron chi connectivity index (χ1n) is 4.86. The SMILES string of the molecule is COCCNC(=O)c1nc(S(C)(=O)=O)ncc1Cl. The third kappa shape index (κ3) is 3.90. The number of methoxy groups -OCH3 is 1. The normalized spacial score (nSPS) is 11.3. The highest BCUT2D eigenvalue weighted by Gasteiger charge is 2.18. The van der Waals surface area contributed by atoms with Crippen LogP contribution in [0, 0.1) is 0 Å². The second kappa shape index (κ2) is 6.07. The lowest BCUT2D eigenvalue weighted by atomic mass is 10.4. The van der Waals surface area contributed by atoms with Gasteiger partial charge in [-0.3, -0.25) is 4.79 Å². The molecule has 100 valence electrons. The van der Waals surface area contributed by atoms with Gasteiger partial charge in [0, 0.05) is 19.9 Å². The van der Waals surface area contributed by atoms with E-state index in [2.05, 4.69) is 15.3 Å². The van der Waals surface area contributed by atoms with Crippen LogP contribution < -0.4 is 5.32 Å². The van der Waals surface area contributed by atoms with Gasteiger partial charge in [-0.05, 0) is 0 Å². The first-order valence-corrected chi connectivity index (χ1v) is 7.13. The van der Waals surface area contributed by atoms with E-state index in [9.17, 15) is 13.2 Å². The molecule has 0 atom stereocenters. The number of hydrogen-bond acceptors (Lipinski definition) is 6. The summed E-state index contributed by atoms with van der Waals surface area (Å²) in [5.74, 6) is -0.579. The van der Waals surface area contributed by atoms with Crippen molar-refractivity contribution < 1.29 is 17.9 Å². The maximum atomic E-state index is 11.7. The van der Waals surface area contributed by atoms with Crippen molar-refractivity contribution in [2.24, 2.45) is 0 Å². The highest BCUT2D eigenvalue weighted by atomic mass is 35.5. The van der Waals surface area contributed by atoms with Crippen molar-refractivity contribution in [2.75, 3.05) is 26.5 Å². The Kier molecular flexibility index (Phi) is 5.00. The van der Waals surface area contributed by atoms with Crippen LogP contribution in [0.1, 0.15) is 10.5 Å². The van der Waals surface area contributed by atoms with Crippen molar-refractivity contribution in [1.29, 1.82) is 0 Å². The number of amides is 1. The Hall–Kier alpha value is -1.25. The van der Waals surface area contributed by atoms with Gasteiger partial charge >= 0.3 is 0 Å². The predicted molar refractivity (Wildman–Crippen MR) is 64.4 cm³/mol. The lowest BCUT2D eigenvalue weighted by molar-refractivity contribution is 0.0931. The Balaban J connectivity index is 2.97. The van der Waals surface area contributed by atoms with Gasteiger partial charge in [-0.25, -0.2) is 18.4 Å². The molecule has 1 heterocycles. The number of carbonyl (C=O) groups is 1. The van der Waals surface area contributed by atoms with E-state index in [1.165, 1.54) is 7.11 Å². The molecule has 0 aliphatic heterocycles. The lowest BCUT2D eigenvalue weighted by Gasteiger charge is -2.06. The summed E-state index contributed by atoms with van der Waals surface area (Å²) in [6.07, 6.45) is 2.03. The van der Waals surface area contributed by atoms with E-state index in [-0.39, 0.29) is 17.3 Å². The molecular weight excluding hydrogens is 282 g/mol. The van der Waals surface area contributed by atoms with E-state index < -0.39 is 20.9 Å². The Morgan fingerprint density at radius 3 is 2.78 bits per heavy atom. The molecule has 0 aliphatic rings. The molecule has 7 nitrogen and oxygen atoms in total. The zero-order valence-corrected chi connectivity index (χ0v) is 11.4. The van der Waals surface area contributed by atoms with Gasteiger partial charge in [0.05, 0.1) is 17.8 Å². The molecule has 1 rings (SSSR count). The first kappa shape index (κ1) is 14.8. The summed E-state index contributed by atoms with van der Waals surface area (Å²) in [4.78, 5) is 18.9. The minimum atomic E-state index is -3.59. The monoisotopic (exact) mass is 293 g/mol. The van der Waals surface area contributed by atoms with Crippen molar-refractivity contribution in [3.63, 3.8) is 0 Å². The molecular formula is C9H12ClN3O4S. The van der Waals surface area contributed by atoms with E-state index in [1.54, 1.807) is 0 Å². The molecule has 1 aromatic heterocycles. The van der Waals surface area contributed by atoms with Crippen LogP contribution in [0.4, 0.5) is 0 Å². The van der Waals surface area contributed by atoms with Crippen LogP contribution in [0.3, 0.4) is 0 Å². The zero-order chi connectivity index (χ0) is 13.8. The Labute approximate surface area is 109 Å². The lowest BCUT2D eigenvalue weighted by Crippen LogP contribution is -2.28. The van der Waals surface area contributed by atoms with Crippen LogP contribution in [-0.4, -0.2) is 50.8 Å². The standard InChI is InChI=1S/C9H12ClN3O4S/c1-17-4-3-11-8(14)7-6(10)5-12-9(13-7)18(2,15)16/h5H,3-4H2,1-2H3,(H,11,14). The van der Waals surface area contributed by atoms with Crippen LogP contribution in [0.5, 0.6) is 0 Å². The molecule has 0 bridgehead atoms. The average Bonchev–Trinajstić information content (AvgIpc) is 2.28. The molecule has 0 saturated heterocycles. The smallest absolute Gasteiger partial charge is 0.271 e. The van der Waals surface area contributed by atoms with E-state index in [4.69, 9.17) is 16.3 Å². The van der Waals surface area contributed by atoms with Crippen LogP contribution in [0.15, 0.2) is 11.4 Å². The number of rotatable bonds is 5. The van der Waals surface area contributed by atoms with Crippen LogP contribution in [-0.2, 0) is 14.6 Å². The summed E-state index contributed by atoms with van der Waals surface area (Å²) in [5, 5.41) is 2.03. The maximum absolute atomic E-state index is 11.7. The van der Waals surface area contributed by atoms with Crippen molar-refractivity contribution in [3.8, 4) is 0 Å². The molecule has 0 spiro atoms. The average molecular weight is 294 g/mol. The van der Waals surface area contributed by atoms with Gasteiger partial charge in [-0.1, -0.05) is 11.6 Å². The van der Waals surface area contributed by atoms with Crippen LogP contribution >= 0.6 is 11.6 Å². The maximum Gasteiger partial charge on any atom is 0.271 e.